The van der Waals surface area contributed by atoms with Crippen LogP contribution in [-0.2, 0) is 0 Å². The van der Waals surface area contributed by atoms with Crippen molar-refractivity contribution in [2.45, 2.75) is 38.6 Å². The van der Waals surface area contributed by atoms with Crippen LogP contribution in [0.4, 0.5) is 4.48 Å². The van der Waals surface area contributed by atoms with Gasteiger partial charge in [-0.2, -0.15) is 0 Å². The largest absolute Gasteiger partial charge is 0.143 e. The van der Waals surface area contributed by atoms with E-state index in [0.29, 0.717) is 6.54 Å². The molecule has 1 aliphatic rings. The molecule has 0 amide bonds. The van der Waals surface area contributed by atoms with Gasteiger partial charge in [0.05, 0.1) is 0 Å². The molecule has 1 fully saturated rings. The van der Waals surface area contributed by atoms with E-state index in [0.717, 1.165) is 24.4 Å². The van der Waals surface area contributed by atoms with Crippen molar-refractivity contribution in [1.29, 1.82) is 0 Å². The molecular weight excluding hydrogens is 117 g/mol. The van der Waals surface area contributed by atoms with E-state index in [1.807, 2.05) is 6.92 Å². The molecule has 0 aromatic rings. The summed E-state index contributed by atoms with van der Waals surface area (Å²) in [4.78, 5) is 0. The van der Waals surface area contributed by atoms with Crippen LogP contribution < -0.4 is 0 Å². The Balaban J connectivity index is 2.30. The molecule has 1 nitrogen and oxygen atoms in total. The zero-order chi connectivity index (χ0) is 6.69. The SMILES string of the molecule is CCC1CCCCN1F. The summed E-state index contributed by atoms with van der Waals surface area (Å²) in [5.41, 5.74) is 0. The smallest absolute Gasteiger partial charge is 0.0399 e. The number of hydrogen-bond acceptors (Lipinski definition) is 1. The summed E-state index contributed by atoms with van der Waals surface area (Å²) in [5.74, 6) is 0. The van der Waals surface area contributed by atoms with Gasteiger partial charge >= 0.3 is 0 Å². The molecule has 0 bridgehead atoms. The molecule has 0 aliphatic carbocycles. The Labute approximate surface area is 55.8 Å². The second kappa shape index (κ2) is 3.16. The number of piperidine rings is 1. The van der Waals surface area contributed by atoms with Gasteiger partial charge in [0.2, 0.25) is 0 Å². The summed E-state index contributed by atoms with van der Waals surface area (Å²) in [6.07, 6.45) is 4.25. The van der Waals surface area contributed by atoms with E-state index in [4.69, 9.17) is 0 Å². The quantitative estimate of drug-likeness (QED) is 0.493. The van der Waals surface area contributed by atoms with Crippen LogP contribution in [0.25, 0.3) is 0 Å². The molecule has 1 rings (SSSR count). The number of rotatable bonds is 1. The maximum Gasteiger partial charge on any atom is 0.0399 e. The first-order chi connectivity index (χ1) is 4.34. The fourth-order valence-corrected chi connectivity index (χ4v) is 1.37. The van der Waals surface area contributed by atoms with Crippen molar-refractivity contribution in [3.63, 3.8) is 0 Å². The monoisotopic (exact) mass is 131 g/mol. The van der Waals surface area contributed by atoms with Crippen LogP contribution in [0, 0.1) is 0 Å². The highest BCUT2D eigenvalue weighted by molar-refractivity contribution is 4.68. The number of nitrogens with zero attached hydrogens (tertiary/aromatic N) is 1. The van der Waals surface area contributed by atoms with Crippen molar-refractivity contribution in [2.75, 3.05) is 6.54 Å². The van der Waals surface area contributed by atoms with E-state index in [2.05, 4.69) is 0 Å². The number of halogens is 1. The number of hydrogen-bond donors (Lipinski definition) is 0. The van der Waals surface area contributed by atoms with Crippen LogP contribution >= 0.6 is 0 Å². The minimum absolute atomic E-state index is 0.221. The van der Waals surface area contributed by atoms with Crippen LogP contribution in [-0.4, -0.2) is 17.7 Å². The van der Waals surface area contributed by atoms with Crippen LogP contribution in [0.2, 0.25) is 0 Å². The summed E-state index contributed by atoms with van der Waals surface area (Å²) in [6.45, 7) is 2.70. The maximum atomic E-state index is 12.7. The van der Waals surface area contributed by atoms with Gasteiger partial charge in [0.15, 0.2) is 0 Å². The van der Waals surface area contributed by atoms with Crippen molar-refractivity contribution < 1.29 is 4.48 Å². The summed E-state index contributed by atoms with van der Waals surface area (Å²) in [7, 11) is 0. The van der Waals surface area contributed by atoms with Crippen LogP contribution in [0.5, 0.6) is 0 Å². The highest BCUT2D eigenvalue weighted by atomic mass is 19.2. The summed E-state index contributed by atoms with van der Waals surface area (Å²) in [5, 5.41) is 0.990. The molecule has 1 atom stereocenters. The molecule has 1 unspecified atom stereocenters. The Bertz CT molecular complexity index is 85.0. The molecule has 9 heavy (non-hydrogen) atoms. The summed E-state index contributed by atoms with van der Waals surface area (Å²) < 4.78 is 12.7. The van der Waals surface area contributed by atoms with E-state index in [-0.39, 0.29) is 6.04 Å². The highest BCUT2D eigenvalue weighted by Gasteiger charge is 2.19. The Morgan fingerprint density at radius 2 is 2.33 bits per heavy atom. The van der Waals surface area contributed by atoms with E-state index < -0.39 is 0 Å². The lowest BCUT2D eigenvalue weighted by atomic mass is 10.0. The predicted octanol–water partition coefficient (Wildman–Crippen LogP) is 2.14. The molecule has 0 radical (unpaired) electrons. The van der Waals surface area contributed by atoms with E-state index >= 15 is 0 Å². The lowest BCUT2D eigenvalue weighted by Crippen LogP contribution is -2.32. The first-order valence-electron chi connectivity index (χ1n) is 3.77. The molecule has 54 valence electrons. The van der Waals surface area contributed by atoms with Gasteiger partial charge in [0.25, 0.3) is 0 Å². The average molecular weight is 131 g/mol. The van der Waals surface area contributed by atoms with Gasteiger partial charge in [-0.25, -0.2) is 0 Å². The Hall–Kier alpha value is -0.110. The van der Waals surface area contributed by atoms with Crippen LogP contribution in [0.15, 0.2) is 0 Å². The molecule has 0 spiro atoms. The van der Waals surface area contributed by atoms with Crippen molar-refractivity contribution in [1.82, 2.24) is 5.12 Å². The van der Waals surface area contributed by atoms with Crippen molar-refractivity contribution in [3.8, 4) is 0 Å². The molecule has 0 aromatic carbocycles. The minimum atomic E-state index is 0.221. The van der Waals surface area contributed by atoms with Gasteiger partial charge < -0.3 is 0 Å². The third-order valence-corrected chi connectivity index (χ3v) is 2.03. The fraction of sp³-hybridized carbons (Fsp3) is 1.00. The molecule has 2 heteroatoms. The van der Waals surface area contributed by atoms with Gasteiger partial charge in [-0.1, -0.05) is 13.3 Å². The Morgan fingerprint density at radius 1 is 1.56 bits per heavy atom. The molecular formula is C7H14FN. The minimum Gasteiger partial charge on any atom is -0.143 e. The molecule has 0 N–H and O–H groups in total. The lowest BCUT2D eigenvalue weighted by molar-refractivity contribution is -0.0453. The Morgan fingerprint density at radius 3 is 2.78 bits per heavy atom. The molecule has 0 aromatic heterocycles. The normalized spacial score (nSPS) is 30.7. The first kappa shape index (κ1) is 7.00. The molecule has 1 heterocycles. The van der Waals surface area contributed by atoms with Crippen LogP contribution in [0.1, 0.15) is 32.6 Å². The second-order valence-electron chi connectivity index (χ2n) is 2.68. The van der Waals surface area contributed by atoms with E-state index in [9.17, 15) is 4.48 Å². The zero-order valence-electron chi connectivity index (χ0n) is 5.94. The molecule has 0 saturated carbocycles. The van der Waals surface area contributed by atoms with Gasteiger partial charge in [-0.05, 0) is 19.3 Å². The van der Waals surface area contributed by atoms with Gasteiger partial charge in [-0.3, -0.25) is 0 Å². The van der Waals surface area contributed by atoms with Gasteiger partial charge in [0, 0.05) is 12.6 Å². The zero-order valence-corrected chi connectivity index (χ0v) is 5.94. The predicted molar refractivity (Wildman–Crippen MR) is 35.7 cm³/mol. The topological polar surface area (TPSA) is 3.24 Å². The lowest BCUT2D eigenvalue weighted by Gasteiger charge is -2.26. The van der Waals surface area contributed by atoms with Crippen molar-refractivity contribution >= 4 is 0 Å². The van der Waals surface area contributed by atoms with Crippen molar-refractivity contribution in [3.05, 3.63) is 0 Å². The van der Waals surface area contributed by atoms with Crippen molar-refractivity contribution in [2.24, 2.45) is 0 Å². The average Bonchev–Trinajstić information content (AvgIpc) is 1.89. The maximum absolute atomic E-state index is 12.7. The summed E-state index contributed by atoms with van der Waals surface area (Å²) in [6, 6.07) is 0.221. The van der Waals surface area contributed by atoms with E-state index in [1.165, 1.54) is 6.42 Å². The molecule has 1 saturated heterocycles. The summed E-state index contributed by atoms with van der Waals surface area (Å²) >= 11 is 0. The van der Waals surface area contributed by atoms with Gasteiger partial charge in [0.1, 0.15) is 0 Å². The Kier molecular flexibility index (Phi) is 2.46. The standard InChI is InChI=1S/C7H14FN/c1-2-7-5-3-4-6-9(7)8/h7H,2-6H2,1H3. The molecule has 1 aliphatic heterocycles. The second-order valence-corrected chi connectivity index (χ2v) is 2.68. The van der Waals surface area contributed by atoms with Crippen LogP contribution in [0.3, 0.4) is 0 Å². The fourth-order valence-electron chi connectivity index (χ4n) is 1.37. The third kappa shape index (κ3) is 1.65. The third-order valence-electron chi connectivity index (χ3n) is 2.03. The highest BCUT2D eigenvalue weighted by Crippen LogP contribution is 2.18. The first-order valence-corrected chi connectivity index (χ1v) is 3.77. The van der Waals surface area contributed by atoms with E-state index in [1.54, 1.807) is 0 Å². The van der Waals surface area contributed by atoms with Gasteiger partial charge in [-0.15, -0.1) is 9.60 Å².